The second-order valence-electron chi connectivity index (χ2n) is 6.69. The lowest BCUT2D eigenvalue weighted by Crippen LogP contribution is -2.66. The summed E-state index contributed by atoms with van der Waals surface area (Å²) < 4.78 is 6.13. The van der Waals surface area contributed by atoms with Crippen LogP contribution in [0.2, 0.25) is 0 Å². The number of hydrogen-bond acceptors (Lipinski definition) is 2. The first-order valence-electron chi connectivity index (χ1n) is 6.85. The lowest BCUT2D eigenvalue weighted by atomic mass is 9.57. The molecule has 1 aliphatic carbocycles. The summed E-state index contributed by atoms with van der Waals surface area (Å²) in [4.78, 5) is 0. The van der Waals surface area contributed by atoms with E-state index in [1.54, 1.807) is 0 Å². The van der Waals surface area contributed by atoms with E-state index in [0.29, 0.717) is 11.5 Å². The molecule has 1 heterocycles. The lowest BCUT2D eigenvalue weighted by molar-refractivity contribution is -0.196. The van der Waals surface area contributed by atoms with Crippen molar-refractivity contribution in [1.82, 2.24) is 5.32 Å². The van der Waals surface area contributed by atoms with Crippen LogP contribution in [-0.2, 0) is 4.74 Å². The number of rotatable bonds is 3. The smallest absolute Gasteiger partial charge is 0.0845 e. The SMILES string of the molecule is CCC(C)CC1NCCOC12CC(C)(C)C2. The molecule has 0 aromatic rings. The molecular weight excluding hydrogens is 198 g/mol. The molecule has 2 fully saturated rings. The maximum Gasteiger partial charge on any atom is 0.0845 e. The van der Waals surface area contributed by atoms with Crippen LogP contribution in [0, 0.1) is 11.3 Å². The fourth-order valence-corrected chi connectivity index (χ4v) is 3.56. The molecule has 16 heavy (non-hydrogen) atoms. The van der Waals surface area contributed by atoms with E-state index >= 15 is 0 Å². The number of nitrogens with one attached hydrogen (secondary N) is 1. The lowest BCUT2D eigenvalue weighted by Gasteiger charge is -2.59. The Morgan fingerprint density at radius 3 is 2.62 bits per heavy atom. The standard InChI is InChI=1S/C14H27NO/c1-5-11(2)8-12-14(16-7-6-15-12)9-13(3,4)10-14/h11-12,15H,5-10H2,1-4H3. The molecule has 2 nitrogen and oxygen atoms in total. The van der Waals surface area contributed by atoms with Crippen molar-refractivity contribution in [2.75, 3.05) is 13.2 Å². The van der Waals surface area contributed by atoms with E-state index < -0.39 is 0 Å². The second kappa shape index (κ2) is 4.30. The van der Waals surface area contributed by atoms with Crippen molar-refractivity contribution in [3.63, 3.8) is 0 Å². The first-order chi connectivity index (χ1) is 7.47. The van der Waals surface area contributed by atoms with Gasteiger partial charge in [0.25, 0.3) is 0 Å². The molecule has 0 aromatic carbocycles. The molecule has 2 unspecified atom stereocenters. The third-order valence-electron chi connectivity index (χ3n) is 4.41. The molecule has 1 N–H and O–H groups in total. The summed E-state index contributed by atoms with van der Waals surface area (Å²) in [6.45, 7) is 11.3. The van der Waals surface area contributed by atoms with Gasteiger partial charge in [-0.2, -0.15) is 0 Å². The first-order valence-corrected chi connectivity index (χ1v) is 6.85. The molecular formula is C14H27NO. The van der Waals surface area contributed by atoms with Gasteiger partial charge >= 0.3 is 0 Å². The minimum atomic E-state index is 0.172. The summed E-state index contributed by atoms with van der Waals surface area (Å²) in [7, 11) is 0. The minimum Gasteiger partial charge on any atom is -0.372 e. The molecule has 1 saturated carbocycles. The van der Waals surface area contributed by atoms with E-state index in [0.717, 1.165) is 19.1 Å². The van der Waals surface area contributed by atoms with Crippen LogP contribution in [0.15, 0.2) is 0 Å². The number of ether oxygens (including phenoxy) is 1. The topological polar surface area (TPSA) is 21.3 Å². The Morgan fingerprint density at radius 1 is 1.38 bits per heavy atom. The Hall–Kier alpha value is -0.0800. The van der Waals surface area contributed by atoms with Crippen molar-refractivity contribution < 1.29 is 4.74 Å². The van der Waals surface area contributed by atoms with Gasteiger partial charge in [-0.05, 0) is 30.6 Å². The fourth-order valence-electron chi connectivity index (χ4n) is 3.56. The van der Waals surface area contributed by atoms with Gasteiger partial charge in [0.2, 0.25) is 0 Å². The summed E-state index contributed by atoms with van der Waals surface area (Å²) in [5, 5.41) is 3.69. The Labute approximate surface area is 100 Å². The van der Waals surface area contributed by atoms with Gasteiger partial charge in [-0.3, -0.25) is 0 Å². The summed E-state index contributed by atoms with van der Waals surface area (Å²) in [5.41, 5.74) is 0.665. The second-order valence-corrected chi connectivity index (χ2v) is 6.69. The van der Waals surface area contributed by atoms with Crippen molar-refractivity contribution in [3.8, 4) is 0 Å². The number of hydrogen-bond donors (Lipinski definition) is 1. The van der Waals surface area contributed by atoms with E-state index in [2.05, 4.69) is 33.0 Å². The zero-order chi connectivity index (χ0) is 11.8. The third kappa shape index (κ3) is 2.28. The third-order valence-corrected chi connectivity index (χ3v) is 4.41. The Bertz CT molecular complexity index is 241. The van der Waals surface area contributed by atoms with Gasteiger partial charge in [0.1, 0.15) is 0 Å². The van der Waals surface area contributed by atoms with Gasteiger partial charge in [0, 0.05) is 12.6 Å². The molecule has 2 aliphatic rings. The van der Waals surface area contributed by atoms with Gasteiger partial charge < -0.3 is 10.1 Å². The highest BCUT2D eigenvalue weighted by Crippen LogP contribution is 2.53. The molecule has 94 valence electrons. The molecule has 2 heteroatoms. The van der Waals surface area contributed by atoms with Crippen LogP contribution < -0.4 is 5.32 Å². The molecule has 2 atom stereocenters. The summed E-state index contributed by atoms with van der Waals surface area (Å²) in [5.74, 6) is 0.805. The maximum atomic E-state index is 6.13. The summed E-state index contributed by atoms with van der Waals surface area (Å²) in [6, 6.07) is 0.587. The van der Waals surface area contributed by atoms with Crippen LogP contribution in [0.5, 0.6) is 0 Å². The van der Waals surface area contributed by atoms with Gasteiger partial charge in [-0.15, -0.1) is 0 Å². The predicted octanol–water partition coefficient (Wildman–Crippen LogP) is 2.97. The van der Waals surface area contributed by atoms with Crippen molar-refractivity contribution in [3.05, 3.63) is 0 Å². The van der Waals surface area contributed by atoms with E-state index in [1.807, 2.05) is 0 Å². The molecule has 1 aliphatic heterocycles. The molecule has 1 spiro atoms. The molecule has 0 radical (unpaired) electrons. The highest BCUT2D eigenvalue weighted by Gasteiger charge is 2.55. The molecule has 2 rings (SSSR count). The van der Waals surface area contributed by atoms with Gasteiger partial charge in [-0.1, -0.05) is 34.1 Å². The van der Waals surface area contributed by atoms with Crippen LogP contribution in [0.1, 0.15) is 53.4 Å². The van der Waals surface area contributed by atoms with Crippen molar-refractivity contribution in [2.45, 2.75) is 65.0 Å². The maximum absolute atomic E-state index is 6.13. The number of morpholine rings is 1. The zero-order valence-corrected chi connectivity index (χ0v) is 11.3. The molecule has 0 bridgehead atoms. The normalized spacial score (nSPS) is 33.4. The average Bonchev–Trinajstić information content (AvgIpc) is 2.18. The minimum absolute atomic E-state index is 0.172. The van der Waals surface area contributed by atoms with E-state index in [1.165, 1.54) is 25.7 Å². The summed E-state index contributed by atoms with van der Waals surface area (Å²) >= 11 is 0. The van der Waals surface area contributed by atoms with Gasteiger partial charge in [0.15, 0.2) is 0 Å². The first kappa shape index (κ1) is 12.4. The predicted molar refractivity (Wildman–Crippen MR) is 67.6 cm³/mol. The molecule has 0 amide bonds. The monoisotopic (exact) mass is 225 g/mol. The van der Waals surface area contributed by atoms with Gasteiger partial charge in [-0.25, -0.2) is 0 Å². The van der Waals surface area contributed by atoms with E-state index in [-0.39, 0.29) is 5.60 Å². The van der Waals surface area contributed by atoms with E-state index in [9.17, 15) is 0 Å². The van der Waals surface area contributed by atoms with Crippen molar-refractivity contribution in [2.24, 2.45) is 11.3 Å². The Balaban J connectivity index is 1.99. The fraction of sp³-hybridized carbons (Fsp3) is 1.00. The Morgan fingerprint density at radius 2 is 2.06 bits per heavy atom. The quantitative estimate of drug-likeness (QED) is 0.797. The van der Waals surface area contributed by atoms with Crippen LogP contribution in [0.25, 0.3) is 0 Å². The Kier molecular flexibility index (Phi) is 3.33. The van der Waals surface area contributed by atoms with Crippen molar-refractivity contribution in [1.29, 1.82) is 0 Å². The van der Waals surface area contributed by atoms with Crippen molar-refractivity contribution >= 4 is 0 Å². The largest absolute Gasteiger partial charge is 0.372 e. The molecule has 1 saturated heterocycles. The summed E-state index contributed by atoms with van der Waals surface area (Å²) in [6.07, 6.45) is 5.01. The molecule has 0 aromatic heterocycles. The van der Waals surface area contributed by atoms with Gasteiger partial charge in [0.05, 0.1) is 12.2 Å². The zero-order valence-electron chi connectivity index (χ0n) is 11.3. The van der Waals surface area contributed by atoms with E-state index in [4.69, 9.17) is 4.74 Å². The van der Waals surface area contributed by atoms with Crippen LogP contribution >= 0.6 is 0 Å². The van der Waals surface area contributed by atoms with Crippen LogP contribution in [0.3, 0.4) is 0 Å². The highest BCUT2D eigenvalue weighted by molar-refractivity contribution is 5.09. The van der Waals surface area contributed by atoms with Crippen LogP contribution in [0.4, 0.5) is 0 Å². The average molecular weight is 225 g/mol. The highest BCUT2D eigenvalue weighted by atomic mass is 16.5. The van der Waals surface area contributed by atoms with Crippen LogP contribution in [-0.4, -0.2) is 24.8 Å².